The zero-order chi connectivity index (χ0) is 16.5. The number of fused-ring (bicyclic) bond motifs is 1. The van der Waals surface area contributed by atoms with E-state index in [0.29, 0.717) is 10.8 Å². The zero-order valence-corrected chi connectivity index (χ0v) is 11.6. The fourth-order valence-corrected chi connectivity index (χ4v) is 1.95. The molecule has 3 nitrogen and oxygen atoms in total. The number of hydrogen-bond acceptors (Lipinski definition) is 3. The summed E-state index contributed by atoms with van der Waals surface area (Å²) in [5, 5.41) is 10.5. The third-order valence-electron chi connectivity index (χ3n) is 3.02. The highest BCUT2D eigenvalue weighted by atomic mass is 19.4. The minimum absolute atomic E-state index is 0.0628. The molecule has 0 fully saturated rings. The number of benzene rings is 2. The summed E-state index contributed by atoms with van der Waals surface area (Å²) in [5.74, 6) is -1.18. The van der Waals surface area contributed by atoms with Crippen LogP contribution in [0.4, 0.5) is 13.2 Å². The van der Waals surface area contributed by atoms with Crippen molar-refractivity contribution < 1.29 is 27.8 Å². The normalized spacial score (nSPS) is 12.9. The first kappa shape index (κ1) is 15.9. The molecule has 2 aromatic carbocycles. The molecule has 0 aliphatic heterocycles. The molecule has 6 heteroatoms. The number of halogens is 3. The van der Waals surface area contributed by atoms with Crippen LogP contribution in [0.25, 0.3) is 10.8 Å². The van der Waals surface area contributed by atoms with Gasteiger partial charge in [-0.15, -0.1) is 0 Å². The first-order valence-corrected chi connectivity index (χ1v) is 6.34. The van der Waals surface area contributed by atoms with Crippen molar-refractivity contribution in [1.29, 1.82) is 0 Å². The van der Waals surface area contributed by atoms with Gasteiger partial charge in [0, 0.05) is 11.1 Å². The molecule has 0 spiro atoms. The summed E-state index contributed by atoms with van der Waals surface area (Å²) in [5.41, 5.74) is -0.340. The monoisotopic (exact) mass is 310 g/mol. The van der Waals surface area contributed by atoms with Gasteiger partial charge in [0.15, 0.2) is 0 Å². The van der Waals surface area contributed by atoms with Crippen molar-refractivity contribution in [2.45, 2.75) is 19.2 Å². The largest absolute Gasteiger partial charge is 0.508 e. The Labute approximate surface area is 124 Å². The molecule has 1 atom stereocenters. The number of alkyl halides is 3. The molecule has 0 heterocycles. The molecule has 2 aromatic rings. The van der Waals surface area contributed by atoms with Gasteiger partial charge in [0.2, 0.25) is 6.10 Å². The number of rotatable bonds is 3. The molecular formula is C16H13F3O3. The molecule has 0 aliphatic rings. The van der Waals surface area contributed by atoms with Crippen molar-refractivity contribution in [3.8, 4) is 5.75 Å². The second-order valence-corrected chi connectivity index (χ2v) is 4.90. The van der Waals surface area contributed by atoms with Crippen LogP contribution < -0.4 is 0 Å². The van der Waals surface area contributed by atoms with Crippen LogP contribution >= 0.6 is 0 Å². The van der Waals surface area contributed by atoms with Crippen LogP contribution in [0.3, 0.4) is 0 Å². The number of phenols is 1. The van der Waals surface area contributed by atoms with Crippen LogP contribution in [0.15, 0.2) is 48.6 Å². The summed E-state index contributed by atoms with van der Waals surface area (Å²) in [7, 11) is 0. The predicted octanol–water partition coefficient (Wildman–Crippen LogP) is 4.27. The second-order valence-electron chi connectivity index (χ2n) is 4.90. The van der Waals surface area contributed by atoms with Gasteiger partial charge < -0.3 is 9.84 Å². The molecule has 22 heavy (non-hydrogen) atoms. The Morgan fingerprint density at radius 1 is 1.18 bits per heavy atom. The fourth-order valence-electron chi connectivity index (χ4n) is 1.95. The van der Waals surface area contributed by atoms with E-state index in [4.69, 9.17) is 0 Å². The van der Waals surface area contributed by atoms with Crippen LogP contribution in [0.1, 0.15) is 18.6 Å². The lowest BCUT2D eigenvalue weighted by atomic mass is 10.0. The minimum Gasteiger partial charge on any atom is -0.508 e. The molecule has 1 N–H and O–H groups in total. The van der Waals surface area contributed by atoms with E-state index >= 15 is 0 Å². The predicted molar refractivity (Wildman–Crippen MR) is 75.3 cm³/mol. The minimum atomic E-state index is -4.75. The van der Waals surface area contributed by atoms with Gasteiger partial charge in [-0.3, -0.25) is 0 Å². The number of esters is 1. The van der Waals surface area contributed by atoms with Crippen molar-refractivity contribution >= 4 is 16.7 Å². The van der Waals surface area contributed by atoms with Crippen LogP contribution in [-0.4, -0.2) is 17.3 Å². The maximum Gasteiger partial charge on any atom is 0.429 e. The van der Waals surface area contributed by atoms with E-state index in [1.807, 2.05) is 0 Å². The number of ether oxygens (including phenoxy) is 1. The van der Waals surface area contributed by atoms with Crippen molar-refractivity contribution in [2.24, 2.45) is 0 Å². The Morgan fingerprint density at radius 2 is 1.82 bits per heavy atom. The summed E-state index contributed by atoms with van der Waals surface area (Å²) < 4.78 is 44.0. The Morgan fingerprint density at radius 3 is 2.41 bits per heavy atom. The number of carbonyl (C=O) groups excluding carboxylic acids is 1. The number of aromatic hydroxyl groups is 1. The van der Waals surface area contributed by atoms with Crippen LogP contribution in [-0.2, 0) is 9.53 Å². The van der Waals surface area contributed by atoms with E-state index in [0.717, 1.165) is 0 Å². The standard InChI is InChI=1S/C16H13F3O3/c1-9(2)15(21)22-14(16(17,18)19)11-4-3-10-5-6-13(20)8-12(10)7-11/h3-8,14,20H,1H2,2H3. The van der Waals surface area contributed by atoms with Crippen molar-refractivity contribution in [2.75, 3.05) is 0 Å². The molecule has 0 saturated carbocycles. The molecule has 0 aliphatic carbocycles. The van der Waals surface area contributed by atoms with Gasteiger partial charge in [0.1, 0.15) is 5.75 Å². The van der Waals surface area contributed by atoms with Crippen LogP contribution in [0, 0.1) is 0 Å². The average Bonchev–Trinajstić information content (AvgIpc) is 2.42. The SMILES string of the molecule is C=C(C)C(=O)OC(c1ccc2ccc(O)cc2c1)C(F)(F)F. The molecular weight excluding hydrogens is 297 g/mol. The summed E-state index contributed by atoms with van der Waals surface area (Å²) in [6.45, 7) is 4.54. The maximum absolute atomic E-state index is 13.2. The summed E-state index contributed by atoms with van der Waals surface area (Å²) in [4.78, 5) is 11.4. The zero-order valence-electron chi connectivity index (χ0n) is 11.6. The van der Waals surface area contributed by atoms with Crippen LogP contribution in [0.2, 0.25) is 0 Å². The van der Waals surface area contributed by atoms with Gasteiger partial charge >= 0.3 is 12.1 Å². The molecule has 0 aromatic heterocycles. The van der Waals surface area contributed by atoms with Gasteiger partial charge in [-0.05, 0) is 35.9 Å². The molecule has 2 rings (SSSR count). The molecule has 0 radical (unpaired) electrons. The lowest BCUT2D eigenvalue weighted by Gasteiger charge is -2.21. The van der Waals surface area contributed by atoms with Gasteiger partial charge in [0.05, 0.1) is 0 Å². The van der Waals surface area contributed by atoms with Gasteiger partial charge in [-0.1, -0.05) is 24.8 Å². The van der Waals surface area contributed by atoms with Gasteiger partial charge in [-0.2, -0.15) is 13.2 Å². The average molecular weight is 310 g/mol. The molecule has 0 saturated heterocycles. The number of phenolic OH excluding ortho intramolecular Hbond substituents is 1. The Kier molecular flexibility index (Phi) is 4.12. The van der Waals surface area contributed by atoms with Crippen LogP contribution in [0.5, 0.6) is 5.75 Å². The molecule has 116 valence electrons. The summed E-state index contributed by atoms with van der Waals surface area (Å²) in [6.07, 6.45) is -7.14. The van der Waals surface area contributed by atoms with Crippen molar-refractivity contribution in [3.63, 3.8) is 0 Å². The Hall–Kier alpha value is -2.50. The highest BCUT2D eigenvalue weighted by molar-refractivity contribution is 5.87. The van der Waals surface area contributed by atoms with E-state index in [-0.39, 0.29) is 16.9 Å². The van der Waals surface area contributed by atoms with Crippen molar-refractivity contribution in [1.82, 2.24) is 0 Å². The summed E-state index contributed by atoms with van der Waals surface area (Å²) in [6, 6.07) is 8.30. The first-order valence-electron chi connectivity index (χ1n) is 6.34. The maximum atomic E-state index is 13.2. The molecule has 1 unspecified atom stereocenters. The lowest BCUT2D eigenvalue weighted by molar-refractivity contribution is -0.221. The smallest absolute Gasteiger partial charge is 0.429 e. The van der Waals surface area contributed by atoms with Crippen molar-refractivity contribution in [3.05, 3.63) is 54.1 Å². The number of carbonyl (C=O) groups is 1. The van der Waals surface area contributed by atoms with E-state index in [2.05, 4.69) is 11.3 Å². The van der Waals surface area contributed by atoms with E-state index in [1.165, 1.54) is 37.3 Å². The van der Waals surface area contributed by atoms with Gasteiger partial charge in [-0.25, -0.2) is 4.79 Å². The van der Waals surface area contributed by atoms with E-state index in [9.17, 15) is 23.1 Å². The summed E-state index contributed by atoms with van der Waals surface area (Å²) >= 11 is 0. The Balaban J connectivity index is 2.47. The highest BCUT2D eigenvalue weighted by Crippen LogP contribution is 2.37. The lowest BCUT2D eigenvalue weighted by Crippen LogP contribution is -2.26. The third-order valence-corrected chi connectivity index (χ3v) is 3.02. The second kappa shape index (κ2) is 5.71. The molecule has 0 bridgehead atoms. The number of hydrogen-bond donors (Lipinski definition) is 1. The highest BCUT2D eigenvalue weighted by Gasteiger charge is 2.44. The van der Waals surface area contributed by atoms with Gasteiger partial charge in [0.25, 0.3) is 0 Å². The van der Waals surface area contributed by atoms with E-state index in [1.54, 1.807) is 6.07 Å². The quantitative estimate of drug-likeness (QED) is 0.680. The third kappa shape index (κ3) is 3.39. The molecule has 0 amide bonds. The topological polar surface area (TPSA) is 46.5 Å². The Bertz CT molecular complexity index is 735. The fraction of sp³-hybridized carbons (Fsp3) is 0.188. The van der Waals surface area contributed by atoms with E-state index < -0.39 is 18.2 Å². The first-order chi connectivity index (χ1) is 10.2.